The predicted molar refractivity (Wildman–Crippen MR) is 37.6 cm³/mol. The molecule has 8 heavy (non-hydrogen) atoms. The van der Waals surface area contributed by atoms with Crippen LogP contribution in [-0.2, 0) is 0 Å². The van der Waals surface area contributed by atoms with E-state index in [1.807, 2.05) is 11.8 Å². The lowest BCUT2D eigenvalue weighted by atomic mass is 10.2. The van der Waals surface area contributed by atoms with E-state index in [1.165, 1.54) is 12.2 Å². The third-order valence-electron chi connectivity index (χ3n) is 1.59. The van der Waals surface area contributed by atoms with E-state index in [4.69, 9.17) is 5.84 Å². The van der Waals surface area contributed by atoms with Gasteiger partial charge in [-0.15, -0.1) is 0 Å². The summed E-state index contributed by atoms with van der Waals surface area (Å²) in [6.07, 6.45) is 1.22. The SMILES string of the molecule is C[C@H]1SCC[C@H]1NN. The Morgan fingerprint density at radius 1 is 1.75 bits per heavy atom. The van der Waals surface area contributed by atoms with E-state index in [-0.39, 0.29) is 0 Å². The molecule has 1 aliphatic heterocycles. The minimum atomic E-state index is 0.556. The summed E-state index contributed by atoms with van der Waals surface area (Å²) in [5.41, 5.74) is 2.79. The van der Waals surface area contributed by atoms with Crippen LogP contribution in [0.5, 0.6) is 0 Å². The van der Waals surface area contributed by atoms with Gasteiger partial charge in [0.1, 0.15) is 0 Å². The standard InChI is InChI=1S/C5H12N2S/c1-4-5(7-6)2-3-8-4/h4-5,7H,2-3,6H2,1H3/t4-,5-/m1/s1. The van der Waals surface area contributed by atoms with Crippen molar-refractivity contribution >= 4 is 11.8 Å². The maximum atomic E-state index is 5.26. The highest BCUT2D eigenvalue weighted by atomic mass is 32.2. The molecule has 1 saturated heterocycles. The second-order valence-electron chi connectivity index (χ2n) is 2.14. The topological polar surface area (TPSA) is 38.0 Å². The molecule has 0 radical (unpaired) electrons. The van der Waals surface area contributed by atoms with Crippen molar-refractivity contribution in [1.29, 1.82) is 0 Å². The minimum Gasteiger partial charge on any atom is -0.271 e. The zero-order valence-electron chi connectivity index (χ0n) is 5.05. The third-order valence-corrected chi connectivity index (χ3v) is 2.92. The zero-order chi connectivity index (χ0) is 5.98. The maximum absolute atomic E-state index is 5.26. The number of hydrogen-bond donors (Lipinski definition) is 2. The highest BCUT2D eigenvalue weighted by Gasteiger charge is 2.21. The first-order valence-electron chi connectivity index (χ1n) is 2.92. The quantitative estimate of drug-likeness (QED) is 0.399. The smallest absolute Gasteiger partial charge is 0.0334 e. The van der Waals surface area contributed by atoms with E-state index in [1.54, 1.807) is 0 Å². The molecule has 48 valence electrons. The lowest BCUT2D eigenvalue weighted by Gasteiger charge is -2.10. The molecule has 0 saturated carbocycles. The first kappa shape index (κ1) is 6.39. The van der Waals surface area contributed by atoms with Crippen LogP contribution in [0.25, 0.3) is 0 Å². The van der Waals surface area contributed by atoms with Crippen LogP contribution in [0.4, 0.5) is 0 Å². The van der Waals surface area contributed by atoms with Crippen molar-refractivity contribution < 1.29 is 0 Å². The van der Waals surface area contributed by atoms with Gasteiger partial charge in [0.15, 0.2) is 0 Å². The second kappa shape index (κ2) is 2.71. The third kappa shape index (κ3) is 1.16. The van der Waals surface area contributed by atoms with Gasteiger partial charge in [0.05, 0.1) is 0 Å². The molecule has 0 spiro atoms. The van der Waals surface area contributed by atoms with E-state index >= 15 is 0 Å². The maximum Gasteiger partial charge on any atom is 0.0334 e. The average Bonchev–Trinajstić information content (AvgIpc) is 2.14. The van der Waals surface area contributed by atoms with Gasteiger partial charge in [0, 0.05) is 11.3 Å². The molecule has 2 atom stereocenters. The van der Waals surface area contributed by atoms with Crippen molar-refractivity contribution in [2.45, 2.75) is 24.6 Å². The molecule has 2 nitrogen and oxygen atoms in total. The summed E-state index contributed by atoms with van der Waals surface area (Å²) in [5, 5.41) is 0.708. The van der Waals surface area contributed by atoms with Gasteiger partial charge in [0.2, 0.25) is 0 Å². The first-order chi connectivity index (χ1) is 3.84. The molecule has 1 heterocycles. The van der Waals surface area contributed by atoms with Gasteiger partial charge in [-0.05, 0) is 12.2 Å². The molecule has 3 heteroatoms. The van der Waals surface area contributed by atoms with Crippen molar-refractivity contribution in [1.82, 2.24) is 5.43 Å². The fourth-order valence-corrected chi connectivity index (χ4v) is 2.16. The fourth-order valence-electron chi connectivity index (χ4n) is 0.951. The predicted octanol–water partition coefficient (Wildman–Crippen LogP) is 0.344. The van der Waals surface area contributed by atoms with Gasteiger partial charge in [-0.25, -0.2) is 0 Å². The highest BCUT2D eigenvalue weighted by molar-refractivity contribution is 8.00. The molecular formula is C5H12N2S. The van der Waals surface area contributed by atoms with E-state index in [2.05, 4.69) is 12.3 Å². The Bertz CT molecular complexity index is 76.8. The van der Waals surface area contributed by atoms with Crippen molar-refractivity contribution in [3.8, 4) is 0 Å². The summed E-state index contributed by atoms with van der Waals surface area (Å²) in [5.74, 6) is 6.52. The largest absolute Gasteiger partial charge is 0.271 e. The monoisotopic (exact) mass is 132 g/mol. The zero-order valence-corrected chi connectivity index (χ0v) is 5.87. The molecule has 0 unspecified atom stereocenters. The summed E-state index contributed by atoms with van der Waals surface area (Å²) in [6.45, 7) is 2.21. The van der Waals surface area contributed by atoms with Crippen LogP contribution in [0.15, 0.2) is 0 Å². The van der Waals surface area contributed by atoms with Gasteiger partial charge < -0.3 is 0 Å². The van der Waals surface area contributed by atoms with Gasteiger partial charge >= 0.3 is 0 Å². The van der Waals surface area contributed by atoms with Crippen molar-refractivity contribution in [2.24, 2.45) is 5.84 Å². The van der Waals surface area contributed by atoms with Crippen LogP contribution in [0.3, 0.4) is 0 Å². The normalized spacial score (nSPS) is 38.2. The number of hydrazine groups is 1. The molecule has 1 fully saturated rings. The molecule has 0 aromatic heterocycles. The number of hydrogen-bond acceptors (Lipinski definition) is 3. The Morgan fingerprint density at radius 3 is 2.75 bits per heavy atom. The van der Waals surface area contributed by atoms with Gasteiger partial charge in [0.25, 0.3) is 0 Å². The first-order valence-corrected chi connectivity index (χ1v) is 3.97. The van der Waals surface area contributed by atoms with E-state index in [0.717, 1.165) is 0 Å². The molecule has 0 aliphatic carbocycles. The van der Waals surface area contributed by atoms with Crippen LogP contribution in [0, 0.1) is 0 Å². The minimum absolute atomic E-state index is 0.556. The molecular weight excluding hydrogens is 120 g/mol. The molecule has 3 N–H and O–H groups in total. The molecule has 0 aromatic rings. The summed E-state index contributed by atoms with van der Waals surface area (Å²) < 4.78 is 0. The Kier molecular flexibility index (Phi) is 2.16. The molecule has 1 rings (SSSR count). The lowest BCUT2D eigenvalue weighted by Crippen LogP contribution is -2.38. The van der Waals surface area contributed by atoms with Crippen LogP contribution < -0.4 is 11.3 Å². The van der Waals surface area contributed by atoms with Crippen LogP contribution in [-0.4, -0.2) is 17.0 Å². The summed E-state index contributed by atoms with van der Waals surface area (Å²) in [4.78, 5) is 0. The molecule has 0 aromatic carbocycles. The Morgan fingerprint density at radius 2 is 2.50 bits per heavy atom. The van der Waals surface area contributed by atoms with Crippen molar-refractivity contribution in [3.63, 3.8) is 0 Å². The summed E-state index contributed by atoms with van der Waals surface area (Å²) in [7, 11) is 0. The highest BCUT2D eigenvalue weighted by Crippen LogP contribution is 2.25. The van der Waals surface area contributed by atoms with Crippen LogP contribution in [0.1, 0.15) is 13.3 Å². The van der Waals surface area contributed by atoms with E-state index in [9.17, 15) is 0 Å². The number of rotatable bonds is 1. The Balaban J connectivity index is 2.30. The second-order valence-corrected chi connectivity index (χ2v) is 3.62. The van der Waals surface area contributed by atoms with E-state index in [0.29, 0.717) is 11.3 Å². The fraction of sp³-hybridized carbons (Fsp3) is 1.00. The Hall–Kier alpha value is 0.270. The number of nitrogens with two attached hydrogens (primary N) is 1. The van der Waals surface area contributed by atoms with Crippen molar-refractivity contribution in [2.75, 3.05) is 5.75 Å². The van der Waals surface area contributed by atoms with Crippen LogP contribution in [0.2, 0.25) is 0 Å². The average molecular weight is 132 g/mol. The summed E-state index contributed by atoms with van der Waals surface area (Å²) >= 11 is 1.99. The molecule has 1 aliphatic rings. The molecule has 0 amide bonds. The van der Waals surface area contributed by atoms with E-state index < -0.39 is 0 Å². The number of thioether (sulfide) groups is 1. The molecule has 0 bridgehead atoms. The van der Waals surface area contributed by atoms with Gasteiger partial charge in [-0.3, -0.25) is 11.3 Å². The van der Waals surface area contributed by atoms with Crippen molar-refractivity contribution in [3.05, 3.63) is 0 Å². The van der Waals surface area contributed by atoms with Gasteiger partial charge in [-0.1, -0.05) is 6.92 Å². The summed E-state index contributed by atoms with van der Waals surface area (Å²) in [6, 6.07) is 0.556. The number of nitrogens with one attached hydrogen (secondary N) is 1. The lowest BCUT2D eigenvalue weighted by molar-refractivity contribution is 0.531. The van der Waals surface area contributed by atoms with Crippen LogP contribution >= 0.6 is 11.8 Å². The Labute approximate surface area is 54.2 Å². The van der Waals surface area contributed by atoms with Gasteiger partial charge in [-0.2, -0.15) is 11.8 Å².